The predicted octanol–water partition coefficient (Wildman–Crippen LogP) is 3.77. The molecule has 0 aromatic heterocycles. The second-order valence-corrected chi connectivity index (χ2v) is 10.6. The minimum Gasteiger partial charge on any atom is -0.391 e. The molecule has 2 aromatic rings. The Balaban J connectivity index is 1.21. The summed E-state index contributed by atoms with van der Waals surface area (Å²) in [6.07, 6.45) is 9.62. The Labute approximate surface area is 225 Å². The van der Waals surface area contributed by atoms with Gasteiger partial charge in [-0.1, -0.05) is 48.6 Å². The van der Waals surface area contributed by atoms with Crippen molar-refractivity contribution in [3.8, 4) is 11.1 Å². The molecule has 1 heterocycles. The van der Waals surface area contributed by atoms with Gasteiger partial charge < -0.3 is 26.0 Å². The Hall–Kier alpha value is -3.42. The lowest BCUT2D eigenvalue weighted by Crippen LogP contribution is -2.53. The number of benzene rings is 2. The van der Waals surface area contributed by atoms with Gasteiger partial charge in [-0.15, -0.1) is 0 Å². The van der Waals surface area contributed by atoms with Crippen LogP contribution in [0.5, 0.6) is 0 Å². The number of nitrogens with one attached hydrogen (secondary N) is 1. The monoisotopic (exact) mass is 514 g/mol. The lowest BCUT2D eigenvalue weighted by atomic mass is 9.90. The van der Waals surface area contributed by atoms with E-state index in [1.165, 1.54) is 11.3 Å². The zero-order chi connectivity index (χ0) is 26.7. The minimum atomic E-state index is -1.15. The van der Waals surface area contributed by atoms with Crippen LogP contribution in [-0.2, 0) is 4.79 Å². The van der Waals surface area contributed by atoms with Gasteiger partial charge in [0.25, 0.3) is 11.8 Å². The summed E-state index contributed by atoms with van der Waals surface area (Å²) in [6, 6.07) is 16.0. The highest BCUT2D eigenvalue weighted by molar-refractivity contribution is 5.95. The summed E-state index contributed by atoms with van der Waals surface area (Å²) in [5.41, 5.74) is 11.9. The van der Waals surface area contributed by atoms with Crippen molar-refractivity contribution < 1.29 is 14.7 Å². The molecule has 4 N–H and O–H groups in total. The second-order valence-electron chi connectivity index (χ2n) is 10.6. The van der Waals surface area contributed by atoms with Crippen LogP contribution in [0.15, 0.2) is 72.0 Å². The maximum atomic E-state index is 13.0. The van der Waals surface area contributed by atoms with Gasteiger partial charge in [-0.25, -0.2) is 0 Å². The molecule has 0 radical (unpaired) electrons. The van der Waals surface area contributed by atoms with Gasteiger partial charge in [-0.2, -0.15) is 0 Å². The Morgan fingerprint density at radius 3 is 2.13 bits per heavy atom. The average Bonchev–Trinajstić information content (AvgIpc) is 3.70. The van der Waals surface area contributed by atoms with Crippen LogP contribution in [0.2, 0.25) is 0 Å². The molecule has 1 saturated carbocycles. The smallest absolute Gasteiger partial charge is 0.254 e. The molecule has 2 fully saturated rings. The molecule has 7 heteroatoms. The van der Waals surface area contributed by atoms with Crippen molar-refractivity contribution in [3.05, 3.63) is 83.1 Å². The highest BCUT2D eigenvalue weighted by Gasteiger charge is 2.50. The highest BCUT2D eigenvalue weighted by atomic mass is 16.3. The number of nitrogens with two attached hydrogens (primary N) is 1. The predicted molar refractivity (Wildman–Crippen MR) is 149 cm³/mol. The molecule has 1 saturated heterocycles. The van der Waals surface area contributed by atoms with Crippen molar-refractivity contribution in [3.63, 3.8) is 0 Å². The van der Waals surface area contributed by atoms with Crippen LogP contribution in [0.1, 0.15) is 60.5 Å². The van der Waals surface area contributed by atoms with Crippen molar-refractivity contribution in [2.24, 2.45) is 5.73 Å². The van der Waals surface area contributed by atoms with Crippen LogP contribution in [0.25, 0.3) is 11.1 Å². The number of aliphatic hydroxyl groups is 1. The van der Waals surface area contributed by atoms with Crippen molar-refractivity contribution in [2.75, 3.05) is 33.2 Å². The second kappa shape index (κ2) is 11.1. The number of carbonyl (C=O) groups is 2. The van der Waals surface area contributed by atoms with Gasteiger partial charge >= 0.3 is 0 Å². The molecule has 1 aliphatic heterocycles. The van der Waals surface area contributed by atoms with E-state index >= 15 is 0 Å². The lowest BCUT2D eigenvalue weighted by Gasteiger charge is -2.35. The van der Waals surface area contributed by atoms with Crippen LogP contribution in [-0.4, -0.2) is 65.5 Å². The van der Waals surface area contributed by atoms with Gasteiger partial charge in [-0.05, 0) is 66.5 Å². The Morgan fingerprint density at radius 2 is 1.53 bits per heavy atom. The van der Waals surface area contributed by atoms with Crippen molar-refractivity contribution in [1.82, 2.24) is 15.1 Å². The van der Waals surface area contributed by atoms with E-state index in [1.807, 2.05) is 31.3 Å². The van der Waals surface area contributed by atoms with Crippen molar-refractivity contribution >= 4 is 11.8 Å². The molecular weight excluding hydrogens is 476 g/mol. The molecule has 1 unspecified atom stereocenters. The number of rotatable bonds is 6. The minimum absolute atomic E-state index is 0.0299. The number of amides is 2. The normalized spacial score (nSPS) is 22.7. The van der Waals surface area contributed by atoms with E-state index in [9.17, 15) is 14.7 Å². The quantitative estimate of drug-likeness (QED) is 0.510. The zero-order valence-electron chi connectivity index (χ0n) is 22.2. The fraction of sp³-hybridized carbons (Fsp3) is 0.419. The summed E-state index contributed by atoms with van der Waals surface area (Å²) in [6.45, 7) is 1.88. The fourth-order valence-corrected chi connectivity index (χ4v) is 5.43. The molecule has 5 rings (SSSR count). The van der Waals surface area contributed by atoms with E-state index in [1.54, 1.807) is 9.80 Å². The molecule has 3 aliphatic rings. The zero-order valence-corrected chi connectivity index (χ0v) is 22.2. The SMILES string of the molecule is CN/C1=C(/C(N)c2ccc(-c3ccc(C(=O)N4CCN(C(=O)C5(O)CC5)CC4)cc3)cc2)CCC/C=C\C1. The molecule has 1 atom stereocenters. The van der Waals surface area contributed by atoms with E-state index in [4.69, 9.17) is 5.73 Å². The average molecular weight is 515 g/mol. The third kappa shape index (κ3) is 5.54. The molecule has 0 bridgehead atoms. The van der Waals surface area contributed by atoms with Gasteiger partial charge in [0.1, 0.15) is 5.60 Å². The number of hydrogen-bond acceptors (Lipinski definition) is 5. The summed E-state index contributed by atoms with van der Waals surface area (Å²) >= 11 is 0. The first-order valence-electron chi connectivity index (χ1n) is 13.7. The van der Waals surface area contributed by atoms with E-state index in [0.29, 0.717) is 44.6 Å². The largest absolute Gasteiger partial charge is 0.391 e. The first-order valence-corrected chi connectivity index (χ1v) is 13.7. The first kappa shape index (κ1) is 26.2. The lowest BCUT2D eigenvalue weighted by molar-refractivity contribution is -0.143. The Morgan fingerprint density at radius 1 is 0.921 bits per heavy atom. The molecule has 2 aromatic carbocycles. The van der Waals surface area contributed by atoms with Crippen molar-refractivity contribution in [2.45, 2.75) is 50.2 Å². The van der Waals surface area contributed by atoms with Crippen molar-refractivity contribution in [1.29, 1.82) is 0 Å². The van der Waals surface area contributed by atoms with E-state index < -0.39 is 5.60 Å². The molecule has 0 spiro atoms. The standard InChI is InChI=1S/C31H38N4O3/c1-33-27-7-5-3-2-4-6-26(27)28(32)24-12-8-22(9-13-24)23-10-14-25(15-11-23)29(36)34-18-20-35(21-19-34)30(37)31(38)16-17-31/h3,5,8-15,28,33,38H,2,4,6-7,16-21,32H2,1H3/b5-3-,27-26+. The molecule has 7 nitrogen and oxygen atoms in total. The Kier molecular flexibility index (Phi) is 7.68. The van der Waals surface area contributed by atoms with Crippen LogP contribution in [0, 0.1) is 0 Å². The summed E-state index contributed by atoms with van der Waals surface area (Å²) < 4.78 is 0. The van der Waals surface area contributed by atoms with Crippen LogP contribution in [0.4, 0.5) is 0 Å². The van der Waals surface area contributed by atoms with Gasteiger partial charge in [-0.3, -0.25) is 9.59 Å². The number of hydrogen-bond donors (Lipinski definition) is 3. The van der Waals surface area contributed by atoms with Crippen LogP contribution in [0.3, 0.4) is 0 Å². The van der Waals surface area contributed by atoms with Gasteiger partial charge in [0.05, 0.1) is 6.04 Å². The van der Waals surface area contributed by atoms with Gasteiger partial charge in [0, 0.05) is 50.9 Å². The van der Waals surface area contributed by atoms with E-state index in [-0.39, 0.29) is 17.9 Å². The topological polar surface area (TPSA) is 98.9 Å². The van der Waals surface area contributed by atoms with Gasteiger partial charge in [0.2, 0.25) is 0 Å². The maximum Gasteiger partial charge on any atom is 0.254 e. The van der Waals surface area contributed by atoms with Gasteiger partial charge in [0.15, 0.2) is 0 Å². The summed E-state index contributed by atoms with van der Waals surface area (Å²) in [5, 5.41) is 13.4. The van der Waals surface area contributed by atoms with Crippen LogP contribution >= 0.6 is 0 Å². The number of piperazine rings is 1. The summed E-state index contributed by atoms with van der Waals surface area (Å²) in [5.74, 6) is -0.222. The number of allylic oxidation sites excluding steroid dienone is 2. The fourth-order valence-electron chi connectivity index (χ4n) is 5.43. The molecule has 200 valence electrons. The number of nitrogens with zero attached hydrogens (tertiary/aromatic N) is 2. The Bertz CT molecular complexity index is 1220. The highest BCUT2D eigenvalue weighted by Crippen LogP contribution is 2.37. The third-order valence-corrected chi connectivity index (χ3v) is 8.08. The molecular formula is C31H38N4O3. The maximum absolute atomic E-state index is 13.0. The number of carbonyl (C=O) groups excluding carboxylic acids is 2. The van der Waals surface area contributed by atoms with E-state index in [2.05, 4.69) is 41.7 Å². The molecule has 2 aliphatic carbocycles. The summed E-state index contributed by atoms with van der Waals surface area (Å²) in [7, 11) is 1.97. The first-order chi connectivity index (χ1) is 18.4. The van der Waals surface area contributed by atoms with E-state index in [0.717, 1.165) is 42.4 Å². The third-order valence-electron chi connectivity index (χ3n) is 8.08. The molecule has 38 heavy (non-hydrogen) atoms. The summed E-state index contributed by atoms with van der Waals surface area (Å²) in [4.78, 5) is 28.9. The van der Waals surface area contributed by atoms with Crippen LogP contribution < -0.4 is 11.1 Å². The molecule has 2 amide bonds.